The summed E-state index contributed by atoms with van der Waals surface area (Å²) in [6.45, 7) is 2.25. The number of halogens is 1. The first-order valence-electron chi connectivity index (χ1n) is 5.85. The van der Waals surface area contributed by atoms with Crippen LogP contribution in [0.5, 0.6) is 0 Å². The Hall–Kier alpha value is -1.46. The maximum Gasteiger partial charge on any atom is 0.193 e. The van der Waals surface area contributed by atoms with E-state index in [2.05, 4.69) is 20.9 Å². The lowest BCUT2D eigenvalue weighted by Crippen LogP contribution is -2.10. The van der Waals surface area contributed by atoms with Crippen molar-refractivity contribution in [2.45, 2.75) is 13.5 Å². The van der Waals surface area contributed by atoms with Gasteiger partial charge in [-0.3, -0.25) is 4.79 Å². The molecule has 1 aromatic carbocycles. The van der Waals surface area contributed by atoms with Gasteiger partial charge in [0.05, 0.1) is 22.5 Å². The van der Waals surface area contributed by atoms with Gasteiger partial charge < -0.3 is 4.57 Å². The predicted octanol–water partition coefficient (Wildman–Crippen LogP) is 4.05. The summed E-state index contributed by atoms with van der Waals surface area (Å²) >= 11 is 4.86. The lowest BCUT2D eigenvalue weighted by atomic mass is 10.3. The van der Waals surface area contributed by atoms with Gasteiger partial charge in [0.1, 0.15) is 5.82 Å². The van der Waals surface area contributed by atoms with E-state index in [1.165, 1.54) is 11.3 Å². The SMILES string of the molecule is Cc1nc2ccccc2n1CC(=O)c1sccc1Br. The molecule has 2 aromatic heterocycles. The number of nitrogens with zero attached hydrogens (tertiary/aromatic N) is 2. The lowest BCUT2D eigenvalue weighted by molar-refractivity contribution is 0.0976. The molecule has 0 atom stereocenters. The zero-order valence-corrected chi connectivity index (χ0v) is 12.7. The van der Waals surface area contributed by atoms with E-state index < -0.39 is 0 Å². The molecule has 3 rings (SSSR count). The smallest absolute Gasteiger partial charge is 0.193 e. The van der Waals surface area contributed by atoms with Gasteiger partial charge in [-0.05, 0) is 46.4 Å². The van der Waals surface area contributed by atoms with Gasteiger partial charge in [0.2, 0.25) is 0 Å². The summed E-state index contributed by atoms with van der Waals surface area (Å²) in [5.74, 6) is 0.968. The monoisotopic (exact) mass is 334 g/mol. The number of hydrogen-bond donors (Lipinski definition) is 0. The number of benzene rings is 1. The van der Waals surface area contributed by atoms with Gasteiger partial charge in [0.15, 0.2) is 5.78 Å². The molecule has 0 saturated carbocycles. The van der Waals surface area contributed by atoms with Crippen molar-refractivity contribution in [2.24, 2.45) is 0 Å². The molecule has 0 fully saturated rings. The van der Waals surface area contributed by atoms with Gasteiger partial charge in [0.25, 0.3) is 0 Å². The van der Waals surface area contributed by atoms with Crippen molar-refractivity contribution in [3.05, 3.63) is 50.9 Å². The number of thiophene rings is 1. The van der Waals surface area contributed by atoms with Crippen molar-refractivity contribution in [2.75, 3.05) is 0 Å². The first-order chi connectivity index (χ1) is 9.16. The van der Waals surface area contributed by atoms with Gasteiger partial charge in [-0.25, -0.2) is 4.98 Å². The average Bonchev–Trinajstić information content (AvgIpc) is 2.94. The zero-order chi connectivity index (χ0) is 13.4. The fourth-order valence-corrected chi connectivity index (χ4v) is 3.63. The molecule has 0 spiro atoms. The molecule has 0 saturated heterocycles. The standard InChI is InChI=1S/C14H11BrN2OS/c1-9-16-11-4-2-3-5-12(11)17(9)8-13(18)14-10(15)6-7-19-14/h2-7H,8H2,1H3. The molecule has 0 radical (unpaired) electrons. The van der Waals surface area contributed by atoms with E-state index in [-0.39, 0.29) is 5.78 Å². The van der Waals surface area contributed by atoms with Crippen molar-refractivity contribution in [3.8, 4) is 0 Å². The number of imidazole rings is 1. The Morgan fingerprint density at radius 2 is 2.16 bits per heavy atom. The van der Waals surface area contributed by atoms with E-state index in [9.17, 15) is 4.79 Å². The third-order valence-corrected chi connectivity index (χ3v) is 4.90. The molecule has 19 heavy (non-hydrogen) atoms. The van der Waals surface area contributed by atoms with Gasteiger partial charge in [0, 0.05) is 4.47 Å². The third kappa shape index (κ3) is 2.24. The molecule has 0 amide bonds. The Kier molecular flexibility index (Phi) is 3.24. The van der Waals surface area contributed by atoms with Crippen LogP contribution in [-0.2, 0) is 6.54 Å². The Morgan fingerprint density at radius 3 is 2.89 bits per heavy atom. The second-order valence-electron chi connectivity index (χ2n) is 4.25. The second-order valence-corrected chi connectivity index (χ2v) is 6.03. The van der Waals surface area contributed by atoms with Crippen LogP contribution in [0, 0.1) is 6.92 Å². The van der Waals surface area contributed by atoms with Gasteiger partial charge >= 0.3 is 0 Å². The molecule has 0 unspecified atom stereocenters. The summed E-state index contributed by atoms with van der Waals surface area (Å²) in [5, 5.41) is 1.91. The van der Waals surface area contributed by atoms with Crippen molar-refractivity contribution in [3.63, 3.8) is 0 Å². The maximum absolute atomic E-state index is 12.3. The fraction of sp³-hybridized carbons (Fsp3) is 0.143. The van der Waals surface area contributed by atoms with E-state index in [4.69, 9.17) is 0 Å². The number of carbonyl (C=O) groups excluding carboxylic acids is 1. The van der Waals surface area contributed by atoms with Crippen molar-refractivity contribution >= 4 is 44.1 Å². The minimum Gasteiger partial charge on any atom is -0.320 e. The van der Waals surface area contributed by atoms with Crippen LogP contribution in [0.25, 0.3) is 11.0 Å². The van der Waals surface area contributed by atoms with Crippen molar-refractivity contribution in [1.82, 2.24) is 9.55 Å². The van der Waals surface area contributed by atoms with Crippen molar-refractivity contribution < 1.29 is 4.79 Å². The van der Waals surface area contributed by atoms with E-state index in [1.807, 2.05) is 47.2 Å². The first kappa shape index (κ1) is 12.6. The van der Waals surface area contributed by atoms with Crippen LogP contribution in [0.15, 0.2) is 40.2 Å². The minimum atomic E-state index is 0.105. The zero-order valence-electron chi connectivity index (χ0n) is 10.3. The molecule has 0 aliphatic carbocycles. The Balaban J connectivity index is 2.00. The number of Topliss-reactive ketones (excluding diaryl/α,β-unsaturated/α-hetero) is 1. The molecule has 0 bridgehead atoms. The third-order valence-electron chi connectivity index (χ3n) is 3.02. The summed E-state index contributed by atoms with van der Waals surface area (Å²) in [6.07, 6.45) is 0. The second kappa shape index (κ2) is 4.90. The number of carbonyl (C=O) groups is 1. The molecule has 2 heterocycles. The Labute approximate surface area is 123 Å². The highest BCUT2D eigenvalue weighted by molar-refractivity contribution is 9.10. The van der Waals surface area contributed by atoms with Gasteiger partial charge in [-0.1, -0.05) is 12.1 Å². The molecule has 96 valence electrons. The molecule has 5 heteroatoms. The maximum atomic E-state index is 12.3. The molecular formula is C14H11BrN2OS. The van der Waals surface area contributed by atoms with Crippen LogP contribution in [-0.4, -0.2) is 15.3 Å². The lowest BCUT2D eigenvalue weighted by Gasteiger charge is -2.05. The highest BCUT2D eigenvalue weighted by atomic mass is 79.9. The Bertz CT molecular complexity index is 760. The van der Waals surface area contributed by atoms with Gasteiger partial charge in [-0.15, -0.1) is 11.3 Å². The van der Waals surface area contributed by atoms with Crippen LogP contribution in [0.4, 0.5) is 0 Å². The van der Waals surface area contributed by atoms with Crippen LogP contribution in [0.3, 0.4) is 0 Å². The molecule has 0 aliphatic heterocycles. The highest BCUT2D eigenvalue weighted by Gasteiger charge is 2.15. The first-order valence-corrected chi connectivity index (χ1v) is 7.52. The van der Waals surface area contributed by atoms with Crippen LogP contribution in [0.1, 0.15) is 15.5 Å². The number of aryl methyl sites for hydroxylation is 1. The minimum absolute atomic E-state index is 0.105. The van der Waals surface area contributed by atoms with Crippen LogP contribution in [0.2, 0.25) is 0 Å². The summed E-state index contributed by atoms with van der Waals surface area (Å²) in [6, 6.07) is 9.77. The molecule has 3 nitrogen and oxygen atoms in total. The normalized spacial score (nSPS) is 11.1. The van der Waals surface area contributed by atoms with E-state index in [0.717, 1.165) is 26.2 Å². The largest absolute Gasteiger partial charge is 0.320 e. The predicted molar refractivity (Wildman–Crippen MR) is 80.8 cm³/mol. The quantitative estimate of drug-likeness (QED) is 0.677. The summed E-state index contributed by atoms with van der Waals surface area (Å²) in [5.41, 5.74) is 1.93. The number of fused-ring (bicyclic) bond motifs is 1. The van der Waals surface area contributed by atoms with E-state index >= 15 is 0 Å². The van der Waals surface area contributed by atoms with Crippen LogP contribution < -0.4 is 0 Å². The fourth-order valence-electron chi connectivity index (χ4n) is 2.10. The highest BCUT2D eigenvalue weighted by Crippen LogP contribution is 2.24. The molecule has 0 aliphatic rings. The number of rotatable bonds is 3. The number of aromatic nitrogens is 2. The summed E-state index contributed by atoms with van der Waals surface area (Å²) < 4.78 is 2.83. The number of ketones is 1. The summed E-state index contributed by atoms with van der Waals surface area (Å²) in [4.78, 5) is 17.6. The topological polar surface area (TPSA) is 34.9 Å². The summed E-state index contributed by atoms with van der Waals surface area (Å²) in [7, 11) is 0. The van der Waals surface area contributed by atoms with E-state index in [0.29, 0.717) is 6.54 Å². The molecule has 0 N–H and O–H groups in total. The Morgan fingerprint density at radius 1 is 1.37 bits per heavy atom. The van der Waals surface area contributed by atoms with Crippen molar-refractivity contribution in [1.29, 1.82) is 0 Å². The number of hydrogen-bond acceptors (Lipinski definition) is 3. The van der Waals surface area contributed by atoms with E-state index in [1.54, 1.807) is 0 Å². The molecular weight excluding hydrogens is 324 g/mol. The number of para-hydroxylation sites is 2. The van der Waals surface area contributed by atoms with Gasteiger partial charge in [-0.2, -0.15) is 0 Å². The average molecular weight is 335 g/mol. The molecule has 3 aromatic rings. The van der Waals surface area contributed by atoms with Crippen LogP contribution >= 0.6 is 27.3 Å².